The van der Waals surface area contributed by atoms with E-state index in [-0.39, 0.29) is 12.2 Å². The molecule has 0 bridgehead atoms. The van der Waals surface area contributed by atoms with Gasteiger partial charge in [0.2, 0.25) is 0 Å². The summed E-state index contributed by atoms with van der Waals surface area (Å²) in [6.45, 7) is 5.59. The molecule has 0 spiro atoms. The molecule has 1 aromatic carbocycles. The van der Waals surface area contributed by atoms with Crippen LogP contribution in [0.15, 0.2) is 22.7 Å². The smallest absolute Gasteiger partial charge is 0.378 e. The van der Waals surface area contributed by atoms with E-state index in [2.05, 4.69) is 10.5 Å². The zero-order chi connectivity index (χ0) is 21.2. The van der Waals surface area contributed by atoms with E-state index in [1.165, 1.54) is 18.0 Å². The van der Waals surface area contributed by atoms with Crippen LogP contribution in [0.25, 0.3) is 0 Å². The first kappa shape index (κ1) is 21.0. The van der Waals surface area contributed by atoms with E-state index >= 15 is 0 Å². The van der Waals surface area contributed by atoms with Gasteiger partial charge in [-0.15, -0.1) is 0 Å². The van der Waals surface area contributed by atoms with Crippen LogP contribution in [0.3, 0.4) is 0 Å². The molecule has 0 aliphatic carbocycles. The lowest BCUT2D eigenvalue weighted by molar-refractivity contribution is -0.136. The predicted octanol–water partition coefficient (Wildman–Crippen LogP) is 3.81. The molecule has 0 radical (unpaired) electrons. The maximum atomic E-state index is 13.6. The van der Waals surface area contributed by atoms with E-state index in [9.17, 15) is 18.0 Å². The third kappa shape index (κ3) is 4.81. The lowest BCUT2D eigenvalue weighted by Crippen LogP contribution is -2.36. The van der Waals surface area contributed by atoms with Crippen molar-refractivity contribution in [1.29, 1.82) is 0 Å². The van der Waals surface area contributed by atoms with Gasteiger partial charge in [0.15, 0.2) is 0 Å². The summed E-state index contributed by atoms with van der Waals surface area (Å²) >= 11 is 0. The fourth-order valence-corrected chi connectivity index (χ4v) is 3.14. The number of hydrogen-bond donors (Lipinski definition) is 1. The second-order valence-corrected chi connectivity index (χ2v) is 6.92. The van der Waals surface area contributed by atoms with Crippen LogP contribution < -0.4 is 10.2 Å². The first-order chi connectivity index (χ1) is 13.7. The van der Waals surface area contributed by atoms with Crippen LogP contribution in [0.1, 0.15) is 22.6 Å². The van der Waals surface area contributed by atoms with Gasteiger partial charge in [0.1, 0.15) is 5.76 Å². The zero-order valence-corrected chi connectivity index (χ0v) is 16.5. The molecule has 0 atom stereocenters. The van der Waals surface area contributed by atoms with Gasteiger partial charge in [-0.25, -0.2) is 4.79 Å². The number of amides is 2. The second-order valence-electron chi connectivity index (χ2n) is 6.92. The van der Waals surface area contributed by atoms with Crippen molar-refractivity contribution in [2.45, 2.75) is 26.6 Å². The monoisotopic (exact) mass is 412 g/mol. The van der Waals surface area contributed by atoms with Crippen LogP contribution in [-0.4, -0.2) is 49.4 Å². The van der Waals surface area contributed by atoms with Crippen molar-refractivity contribution < 1.29 is 27.2 Å². The molecule has 1 N–H and O–H groups in total. The number of alkyl halides is 3. The highest BCUT2D eigenvalue weighted by Gasteiger charge is 2.35. The quantitative estimate of drug-likeness (QED) is 0.827. The molecule has 2 amide bonds. The highest BCUT2D eigenvalue weighted by Crippen LogP contribution is 2.37. The number of morpholine rings is 1. The fourth-order valence-electron chi connectivity index (χ4n) is 3.14. The number of anilines is 2. The molecule has 7 nitrogen and oxygen atoms in total. The van der Waals surface area contributed by atoms with Crippen LogP contribution in [0.2, 0.25) is 0 Å². The Labute approximate surface area is 166 Å². The number of ether oxygens (including phenoxy) is 1. The summed E-state index contributed by atoms with van der Waals surface area (Å²) in [5.41, 5.74) is 0.628. The second kappa shape index (κ2) is 8.32. The van der Waals surface area contributed by atoms with E-state index in [1.807, 2.05) is 4.90 Å². The Morgan fingerprint density at radius 1 is 1.28 bits per heavy atom. The minimum Gasteiger partial charge on any atom is -0.378 e. The van der Waals surface area contributed by atoms with Crippen LogP contribution in [0.4, 0.5) is 29.3 Å². The van der Waals surface area contributed by atoms with Crippen molar-refractivity contribution in [3.8, 4) is 0 Å². The molecule has 1 aromatic heterocycles. The molecule has 29 heavy (non-hydrogen) atoms. The molecular formula is C19H23F3N4O3. The van der Waals surface area contributed by atoms with Gasteiger partial charge in [-0.1, -0.05) is 5.16 Å². The van der Waals surface area contributed by atoms with E-state index in [4.69, 9.17) is 9.26 Å². The number of aryl methyl sites for hydroxylation is 2. The third-order valence-corrected chi connectivity index (χ3v) is 4.85. The minimum absolute atomic E-state index is 0.167. The summed E-state index contributed by atoms with van der Waals surface area (Å²) < 4.78 is 51.2. The summed E-state index contributed by atoms with van der Waals surface area (Å²) in [5.74, 6) is 0.563. The molecule has 158 valence electrons. The highest BCUT2D eigenvalue weighted by atomic mass is 19.4. The van der Waals surface area contributed by atoms with Crippen molar-refractivity contribution in [1.82, 2.24) is 10.1 Å². The molecule has 1 aliphatic heterocycles. The summed E-state index contributed by atoms with van der Waals surface area (Å²) in [7, 11) is 1.50. The Hall–Kier alpha value is -2.75. The summed E-state index contributed by atoms with van der Waals surface area (Å²) in [5, 5.41) is 6.19. The van der Waals surface area contributed by atoms with Crippen LogP contribution in [0, 0.1) is 13.8 Å². The normalized spacial score (nSPS) is 14.8. The third-order valence-electron chi connectivity index (χ3n) is 4.85. The van der Waals surface area contributed by atoms with Gasteiger partial charge in [0.25, 0.3) is 0 Å². The number of hydrogen-bond acceptors (Lipinski definition) is 5. The Bertz CT molecular complexity index is 857. The molecule has 2 heterocycles. The Balaban J connectivity index is 1.79. The van der Waals surface area contributed by atoms with E-state index in [1.54, 1.807) is 19.9 Å². The van der Waals surface area contributed by atoms with Crippen LogP contribution in [0.5, 0.6) is 0 Å². The fraction of sp³-hybridized carbons (Fsp3) is 0.474. The molecule has 0 unspecified atom stereocenters. The van der Waals surface area contributed by atoms with E-state index in [0.717, 1.165) is 11.6 Å². The first-order valence-electron chi connectivity index (χ1n) is 9.14. The largest absolute Gasteiger partial charge is 0.418 e. The number of carbonyl (C=O) groups is 1. The number of rotatable bonds is 4. The van der Waals surface area contributed by atoms with Gasteiger partial charge in [-0.2, -0.15) is 13.2 Å². The van der Waals surface area contributed by atoms with E-state index in [0.29, 0.717) is 43.4 Å². The molecule has 3 rings (SSSR count). The van der Waals surface area contributed by atoms with Gasteiger partial charge in [-0.05, 0) is 32.0 Å². The maximum Gasteiger partial charge on any atom is 0.418 e. The van der Waals surface area contributed by atoms with Crippen molar-refractivity contribution in [2.75, 3.05) is 43.6 Å². The molecular weight excluding hydrogens is 389 g/mol. The number of benzene rings is 1. The Kier molecular flexibility index (Phi) is 6.02. The van der Waals surface area contributed by atoms with Crippen molar-refractivity contribution in [3.05, 3.63) is 40.8 Å². The summed E-state index contributed by atoms with van der Waals surface area (Å²) in [4.78, 5) is 15.6. The predicted molar refractivity (Wildman–Crippen MR) is 101 cm³/mol. The summed E-state index contributed by atoms with van der Waals surface area (Å²) in [6.07, 6.45) is -4.61. The van der Waals surface area contributed by atoms with Gasteiger partial charge < -0.3 is 24.4 Å². The average molecular weight is 412 g/mol. The number of nitrogens with one attached hydrogen (secondary N) is 1. The van der Waals surface area contributed by atoms with Crippen molar-refractivity contribution >= 4 is 17.4 Å². The van der Waals surface area contributed by atoms with Gasteiger partial charge in [0.05, 0.1) is 36.7 Å². The molecule has 1 saturated heterocycles. The van der Waals surface area contributed by atoms with Crippen molar-refractivity contribution in [2.24, 2.45) is 0 Å². The van der Waals surface area contributed by atoms with Crippen molar-refractivity contribution in [3.63, 3.8) is 0 Å². The topological polar surface area (TPSA) is 70.8 Å². The van der Waals surface area contributed by atoms with Crippen LogP contribution >= 0.6 is 0 Å². The van der Waals surface area contributed by atoms with Gasteiger partial charge in [-0.3, -0.25) is 0 Å². The maximum absolute atomic E-state index is 13.6. The number of carbonyl (C=O) groups excluding carboxylic acids is 1. The zero-order valence-electron chi connectivity index (χ0n) is 16.5. The SMILES string of the molecule is Cc1noc(C)c1CN(C)C(=O)Nc1ccc(N2CCOCC2)cc1C(F)(F)F. The Morgan fingerprint density at radius 2 is 1.97 bits per heavy atom. The molecule has 1 aliphatic rings. The number of urea groups is 1. The Morgan fingerprint density at radius 3 is 2.55 bits per heavy atom. The van der Waals surface area contributed by atoms with E-state index < -0.39 is 17.8 Å². The number of aromatic nitrogens is 1. The molecule has 10 heteroatoms. The number of halogens is 3. The average Bonchev–Trinajstić information content (AvgIpc) is 3.00. The lowest BCUT2D eigenvalue weighted by Gasteiger charge is -2.30. The van der Waals surface area contributed by atoms with Crippen LogP contribution in [-0.2, 0) is 17.5 Å². The molecule has 0 saturated carbocycles. The summed E-state index contributed by atoms with van der Waals surface area (Å²) in [6, 6.07) is 3.27. The van der Waals surface area contributed by atoms with Gasteiger partial charge >= 0.3 is 12.2 Å². The molecule has 2 aromatic rings. The standard InChI is InChI=1S/C19H23F3N4O3/c1-12-15(13(2)29-24-12)11-25(3)18(27)23-17-5-4-14(10-16(17)19(20,21)22)26-6-8-28-9-7-26/h4-5,10H,6-9,11H2,1-3H3,(H,23,27). The highest BCUT2D eigenvalue weighted by molar-refractivity contribution is 5.90. The molecule has 1 fully saturated rings. The van der Waals surface area contributed by atoms with Gasteiger partial charge in [0, 0.05) is 31.4 Å². The lowest BCUT2D eigenvalue weighted by atomic mass is 10.1. The minimum atomic E-state index is -4.61. The first-order valence-corrected chi connectivity index (χ1v) is 9.14. The number of nitrogens with zero attached hydrogens (tertiary/aromatic N) is 3.